The molecule has 0 bridgehead atoms. The van der Waals surface area contributed by atoms with Gasteiger partial charge in [0, 0.05) is 12.6 Å². The Bertz CT molecular complexity index is 401. The van der Waals surface area contributed by atoms with E-state index in [-0.39, 0.29) is 5.41 Å². The van der Waals surface area contributed by atoms with Gasteiger partial charge >= 0.3 is 0 Å². The zero-order chi connectivity index (χ0) is 12.5. The summed E-state index contributed by atoms with van der Waals surface area (Å²) in [5.74, 6) is 0. The van der Waals surface area contributed by atoms with Crippen molar-refractivity contribution < 1.29 is 0 Å². The molecule has 0 saturated carbocycles. The Morgan fingerprint density at radius 3 is 2.82 bits per heavy atom. The van der Waals surface area contributed by atoms with Crippen molar-refractivity contribution in [3.05, 3.63) is 28.8 Å². The highest BCUT2D eigenvalue weighted by molar-refractivity contribution is 6.33. The van der Waals surface area contributed by atoms with Crippen LogP contribution in [0.5, 0.6) is 0 Å². The molecule has 1 aromatic rings. The van der Waals surface area contributed by atoms with Gasteiger partial charge in [0.05, 0.1) is 10.7 Å². The standard InChI is InChI=1S/C14H21ClN2/c1-10-4-5-12(11(15)8-10)17-13-6-7-16-9-14(13,2)3/h4-5,8,13,16-17H,6-7,9H2,1-3H3. The van der Waals surface area contributed by atoms with Crippen molar-refractivity contribution in [1.29, 1.82) is 0 Å². The Kier molecular flexibility index (Phi) is 3.64. The van der Waals surface area contributed by atoms with E-state index in [0.29, 0.717) is 6.04 Å². The number of anilines is 1. The Balaban J connectivity index is 2.14. The lowest BCUT2D eigenvalue weighted by atomic mass is 9.80. The summed E-state index contributed by atoms with van der Waals surface area (Å²) in [6, 6.07) is 6.67. The van der Waals surface area contributed by atoms with Crippen LogP contribution in [0.4, 0.5) is 5.69 Å². The van der Waals surface area contributed by atoms with E-state index < -0.39 is 0 Å². The van der Waals surface area contributed by atoms with Crippen molar-refractivity contribution in [3.8, 4) is 0 Å². The van der Waals surface area contributed by atoms with Gasteiger partial charge in [-0.1, -0.05) is 31.5 Å². The Morgan fingerprint density at radius 1 is 1.41 bits per heavy atom. The van der Waals surface area contributed by atoms with E-state index in [9.17, 15) is 0 Å². The molecule has 2 N–H and O–H groups in total. The van der Waals surface area contributed by atoms with Gasteiger partial charge in [0.15, 0.2) is 0 Å². The molecular formula is C14H21ClN2. The molecule has 1 aliphatic rings. The van der Waals surface area contributed by atoms with Crippen molar-refractivity contribution in [1.82, 2.24) is 5.32 Å². The van der Waals surface area contributed by atoms with Crippen LogP contribution in [0.2, 0.25) is 5.02 Å². The third-order valence-electron chi connectivity index (χ3n) is 3.59. The molecule has 17 heavy (non-hydrogen) atoms. The highest BCUT2D eigenvalue weighted by Gasteiger charge is 2.32. The largest absolute Gasteiger partial charge is 0.380 e. The summed E-state index contributed by atoms with van der Waals surface area (Å²) in [6.07, 6.45) is 1.14. The summed E-state index contributed by atoms with van der Waals surface area (Å²) in [6.45, 7) is 8.76. The van der Waals surface area contributed by atoms with Crippen molar-refractivity contribution in [3.63, 3.8) is 0 Å². The predicted molar refractivity (Wildman–Crippen MR) is 74.9 cm³/mol. The van der Waals surface area contributed by atoms with Crippen LogP contribution in [0.25, 0.3) is 0 Å². The first-order valence-corrected chi connectivity index (χ1v) is 6.60. The molecule has 1 aliphatic heterocycles. The highest BCUT2D eigenvalue weighted by Crippen LogP contribution is 2.31. The molecule has 0 spiro atoms. The number of aryl methyl sites for hydroxylation is 1. The normalized spacial score (nSPS) is 23.4. The molecule has 0 radical (unpaired) electrons. The molecule has 0 aliphatic carbocycles. The van der Waals surface area contributed by atoms with Crippen LogP contribution in [-0.2, 0) is 0 Å². The fraction of sp³-hybridized carbons (Fsp3) is 0.571. The lowest BCUT2D eigenvalue weighted by Gasteiger charge is -2.40. The molecular weight excluding hydrogens is 232 g/mol. The van der Waals surface area contributed by atoms with Gasteiger partial charge in [0.1, 0.15) is 0 Å². The first kappa shape index (κ1) is 12.7. The van der Waals surface area contributed by atoms with Gasteiger partial charge in [-0.3, -0.25) is 0 Å². The minimum Gasteiger partial charge on any atom is -0.380 e. The number of halogens is 1. The summed E-state index contributed by atoms with van der Waals surface area (Å²) in [4.78, 5) is 0. The topological polar surface area (TPSA) is 24.1 Å². The molecule has 1 heterocycles. The average Bonchev–Trinajstić information content (AvgIpc) is 2.24. The molecule has 1 atom stereocenters. The molecule has 1 fully saturated rings. The van der Waals surface area contributed by atoms with Crippen LogP contribution in [0.1, 0.15) is 25.8 Å². The molecule has 2 rings (SSSR count). The van der Waals surface area contributed by atoms with Gasteiger partial charge in [-0.15, -0.1) is 0 Å². The molecule has 0 aromatic heterocycles. The van der Waals surface area contributed by atoms with Crippen LogP contribution in [0.3, 0.4) is 0 Å². The number of hydrogen-bond donors (Lipinski definition) is 2. The smallest absolute Gasteiger partial charge is 0.0640 e. The summed E-state index contributed by atoms with van der Waals surface area (Å²) in [5, 5.41) is 7.86. The molecule has 2 nitrogen and oxygen atoms in total. The second-order valence-corrected chi connectivity index (χ2v) is 6.04. The molecule has 3 heteroatoms. The minimum absolute atomic E-state index is 0.256. The quantitative estimate of drug-likeness (QED) is 0.843. The summed E-state index contributed by atoms with van der Waals surface area (Å²) >= 11 is 6.26. The Labute approximate surface area is 109 Å². The number of piperidine rings is 1. The van der Waals surface area contributed by atoms with Gasteiger partial charge in [-0.25, -0.2) is 0 Å². The van der Waals surface area contributed by atoms with E-state index in [4.69, 9.17) is 11.6 Å². The molecule has 1 saturated heterocycles. The molecule has 94 valence electrons. The second kappa shape index (κ2) is 4.87. The van der Waals surface area contributed by atoms with Gasteiger partial charge in [0.2, 0.25) is 0 Å². The maximum Gasteiger partial charge on any atom is 0.0640 e. The van der Waals surface area contributed by atoms with E-state index in [1.807, 2.05) is 6.07 Å². The van der Waals surface area contributed by atoms with E-state index in [1.165, 1.54) is 5.56 Å². The van der Waals surface area contributed by atoms with Crippen LogP contribution < -0.4 is 10.6 Å². The second-order valence-electron chi connectivity index (χ2n) is 5.63. The number of rotatable bonds is 2. The summed E-state index contributed by atoms with van der Waals surface area (Å²) in [5.41, 5.74) is 2.51. The fourth-order valence-corrected chi connectivity index (χ4v) is 2.65. The Morgan fingerprint density at radius 2 is 2.18 bits per heavy atom. The first-order valence-electron chi connectivity index (χ1n) is 6.22. The minimum atomic E-state index is 0.256. The fourth-order valence-electron chi connectivity index (χ4n) is 2.36. The highest BCUT2D eigenvalue weighted by atomic mass is 35.5. The van der Waals surface area contributed by atoms with Crippen LogP contribution in [0.15, 0.2) is 18.2 Å². The zero-order valence-corrected chi connectivity index (χ0v) is 11.6. The van der Waals surface area contributed by atoms with Crippen molar-refractivity contribution >= 4 is 17.3 Å². The van der Waals surface area contributed by atoms with Crippen molar-refractivity contribution in [2.45, 2.75) is 33.2 Å². The third-order valence-corrected chi connectivity index (χ3v) is 3.90. The number of nitrogens with one attached hydrogen (secondary N) is 2. The third kappa shape index (κ3) is 2.93. The molecule has 1 aromatic carbocycles. The van der Waals surface area contributed by atoms with Crippen molar-refractivity contribution in [2.75, 3.05) is 18.4 Å². The monoisotopic (exact) mass is 252 g/mol. The van der Waals surface area contributed by atoms with Crippen LogP contribution >= 0.6 is 11.6 Å². The van der Waals surface area contributed by atoms with Gasteiger partial charge in [-0.05, 0) is 43.0 Å². The number of hydrogen-bond acceptors (Lipinski definition) is 2. The summed E-state index contributed by atoms with van der Waals surface area (Å²) < 4.78 is 0. The van der Waals surface area contributed by atoms with E-state index >= 15 is 0 Å². The van der Waals surface area contributed by atoms with E-state index in [1.54, 1.807) is 0 Å². The summed E-state index contributed by atoms with van der Waals surface area (Å²) in [7, 11) is 0. The first-order chi connectivity index (χ1) is 7.99. The lowest BCUT2D eigenvalue weighted by Crippen LogP contribution is -2.49. The Hall–Kier alpha value is -0.730. The zero-order valence-electron chi connectivity index (χ0n) is 10.8. The maximum absolute atomic E-state index is 6.26. The van der Waals surface area contributed by atoms with Crippen LogP contribution in [0, 0.1) is 12.3 Å². The lowest BCUT2D eigenvalue weighted by molar-refractivity contribution is 0.236. The maximum atomic E-state index is 6.26. The van der Waals surface area contributed by atoms with Gasteiger partial charge in [0.25, 0.3) is 0 Å². The molecule has 1 unspecified atom stereocenters. The van der Waals surface area contributed by atoms with Gasteiger partial charge in [-0.2, -0.15) is 0 Å². The van der Waals surface area contributed by atoms with Crippen molar-refractivity contribution in [2.24, 2.45) is 5.41 Å². The van der Waals surface area contributed by atoms with E-state index in [0.717, 1.165) is 30.2 Å². The van der Waals surface area contributed by atoms with Gasteiger partial charge < -0.3 is 10.6 Å². The predicted octanol–water partition coefficient (Wildman–Crippen LogP) is 3.45. The average molecular weight is 253 g/mol. The van der Waals surface area contributed by atoms with Crippen LogP contribution in [-0.4, -0.2) is 19.1 Å². The molecule has 0 amide bonds. The van der Waals surface area contributed by atoms with E-state index in [2.05, 4.69) is 43.5 Å². The number of benzene rings is 1. The SMILES string of the molecule is Cc1ccc(NC2CCNCC2(C)C)c(Cl)c1.